The van der Waals surface area contributed by atoms with Gasteiger partial charge in [0.1, 0.15) is 10.4 Å². The van der Waals surface area contributed by atoms with Crippen LogP contribution in [0.3, 0.4) is 0 Å². The molecule has 9 heteroatoms. The van der Waals surface area contributed by atoms with E-state index in [1.807, 2.05) is 19.1 Å². The molecule has 0 radical (unpaired) electrons. The number of rotatable bonds is 4. The van der Waals surface area contributed by atoms with E-state index in [9.17, 15) is 8.42 Å². The molecule has 4 aromatic rings. The third kappa shape index (κ3) is 3.94. The highest BCUT2D eigenvalue weighted by Gasteiger charge is 2.24. The Labute approximate surface area is 181 Å². The van der Waals surface area contributed by atoms with E-state index in [0.29, 0.717) is 21.7 Å². The number of halogens is 3. The van der Waals surface area contributed by atoms with Crippen molar-refractivity contribution >= 4 is 56.0 Å². The highest BCUT2D eigenvalue weighted by atomic mass is 35.5. The van der Waals surface area contributed by atoms with Crippen molar-refractivity contribution < 1.29 is 17.0 Å². The first-order valence-electron chi connectivity index (χ1n) is 8.30. The van der Waals surface area contributed by atoms with E-state index in [-0.39, 0.29) is 26.6 Å². The molecule has 29 heavy (non-hydrogen) atoms. The van der Waals surface area contributed by atoms with Gasteiger partial charge in [0.25, 0.3) is 0 Å². The van der Waals surface area contributed by atoms with Crippen LogP contribution in [-0.4, -0.2) is 13.4 Å². The van der Waals surface area contributed by atoms with E-state index < -0.39 is 10.1 Å². The number of oxazole rings is 1. The Hall–Kier alpha value is -2.25. The molecule has 1 aromatic heterocycles. The molecule has 1 heterocycles. The fraction of sp³-hybridized carbons (Fsp3) is 0.0500. The van der Waals surface area contributed by atoms with E-state index >= 15 is 0 Å². The van der Waals surface area contributed by atoms with Crippen LogP contribution in [0.25, 0.3) is 22.6 Å². The summed E-state index contributed by atoms with van der Waals surface area (Å²) in [5.41, 5.74) is 2.50. The van der Waals surface area contributed by atoms with Crippen LogP contribution in [0.4, 0.5) is 0 Å². The summed E-state index contributed by atoms with van der Waals surface area (Å²) < 4.78 is 36.8. The molecule has 148 valence electrons. The molecule has 0 fully saturated rings. The monoisotopic (exact) mass is 467 g/mol. The number of nitrogens with zero attached hydrogens (tertiary/aromatic N) is 1. The predicted octanol–water partition coefficient (Wildman–Crippen LogP) is 6.53. The van der Waals surface area contributed by atoms with Crippen LogP contribution in [0, 0.1) is 6.92 Å². The molecule has 0 N–H and O–H groups in total. The number of hydrogen-bond donors (Lipinski definition) is 0. The molecular formula is C20H12Cl3NO4S. The maximum absolute atomic E-state index is 12.8. The minimum atomic E-state index is -4.26. The van der Waals surface area contributed by atoms with E-state index in [2.05, 4.69) is 4.98 Å². The summed E-state index contributed by atoms with van der Waals surface area (Å²) in [7, 11) is -4.26. The van der Waals surface area contributed by atoms with E-state index in [4.69, 9.17) is 43.4 Å². The van der Waals surface area contributed by atoms with E-state index in [1.54, 1.807) is 18.2 Å². The molecule has 4 rings (SSSR count). The summed E-state index contributed by atoms with van der Waals surface area (Å²) in [6.07, 6.45) is 0. The summed E-state index contributed by atoms with van der Waals surface area (Å²) in [6.45, 7) is 1.90. The molecule has 0 saturated heterocycles. The average molecular weight is 469 g/mol. The standard InChI is InChI=1S/C20H12Cl3NO4S/c1-11-3-2-4-16-19(11)24-20(27-16)14-7-5-13(22)10-17(14)28-29(25,26)18-8-6-12(21)9-15(18)23/h2-10H,1H3. The molecule has 0 unspecified atom stereocenters. The van der Waals surface area contributed by atoms with Gasteiger partial charge in [0.2, 0.25) is 5.89 Å². The van der Waals surface area contributed by atoms with Gasteiger partial charge in [-0.05, 0) is 48.9 Å². The first-order chi connectivity index (χ1) is 13.7. The molecule has 0 spiro atoms. The second kappa shape index (κ2) is 7.54. The third-order valence-corrected chi connectivity index (χ3v) is 6.35. The first kappa shape index (κ1) is 20.0. The van der Waals surface area contributed by atoms with Crippen LogP contribution < -0.4 is 4.18 Å². The number of aryl methyl sites for hydroxylation is 1. The molecule has 5 nitrogen and oxygen atoms in total. The lowest BCUT2D eigenvalue weighted by molar-refractivity contribution is 0.485. The third-order valence-electron chi connectivity index (χ3n) is 4.16. The van der Waals surface area contributed by atoms with Gasteiger partial charge in [0.15, 0.2) is 11.3 Å². The molecule has 0 aliphatic carbocycles. The largest absolute Gasteiger partial charge is 0.436 e. The summed E-state index contributed by atoms with van der Waals surface area (Å²) in [5.74, 6) is 0.172. The summed E-state index contributed by atoms with van der Waals surface area (Å²) >= 11 is 18.0. The zero-order valence-electron chi connectivity index (χ0n) is 14.8. The Balaban J connectivity index is 1.82. The number of fused-ring (bicyclic) bond motifs is 1. The zero-order valence-corrected chi connectivity index (χ0v) is 17.9. The lowest BCUT2D eigenvalue weighted by atomic mass is 10.2. The van der Waals surface area contributed by atoms with Crippen LogP contribution in [0.5, 0.6) is 5.75 Å². The topological polar surface area (TPSA) is 69.4 Å². The van der Waals surface area contributed by atoms with Crippen LogP contribution in [0.1, 0.15) is 5.56 Å². The quantitative estimate of drug-likeness (QED) is 0.318. The van der Waals surface area contributed by atoms with Gasteiger partial charge in [-0.2, -0.15) is 8.42 Å². The number of hydrogen-bond acceptors (Lipinski definition) is 5. The molecule has 0 atom stereocenters. The molecule has 0 bridgehead atoms. The maximum atomic E-state index is 12.8. The summed E-state index contributed by atoms with van der Waals surface area (Å²) in [6, 6.07) is 14.1. The average Bonchev–Trinajstić information content (AvgIpc) is 3.06. The smallest absolute Gasteiger partial charge is 0.340 e. The molecule has 0 saturated carbocycles. The van der Waals surface area contributed by atoms with Gasteiger partial charge in [-0.1, -0.05) is 46.9 Å². The molecule has 0 amide bonds. The number of benzene rings is 3. The van der Waals surface area contributed by atoms with Gasteiger partial charge >= 0.3 is 10.1 Å². The van der Waals surface area contributed by atoms with Gasteiger partial charge in [0, 0.05) is 16.1 Å². The van der Waals surface area contributed by atoms with Crippen LogP contribution in [0.15, 0.2) is 63.9 Å². The Kier molecular flexibility index (Phi) is 5.21. The van der Waals surface area contributed by atoms with Gasteiger partial charge < -0.3 is 8.60 Å². The Morgan fingerprint density at radius 2 is 1.69 bits per heavy atom. The second-order valence-corrected chi connectivity index (χ2v) is 8.99. The Morgan fingerprint density at radius 1 is 0.966 bits per heavy atom. The second-order valence-electron chi connectivity index (χ2n) is 6.19. The minimum absolute atomic E-state index is 0.0345. The van der Waals surface area contributed by atoms with Crippen molar-refractivity contribution in [3.8, 4) is 17.2 Å². The lowest BCUT2D eigenvalue weighted by Gasteiger charge is -2.11. The number of para-hydroxylation sites is 1. The molecule has 3 aromatic carbocycles. The first-order valence-corrected chi connectivity index (χ1v) is 10.8. The maximum Gasteiger partial charge on any atom is 0.340 e. The normalized spacial score (nSPS) is 11.7. The SMILES string of the molecule is Cc1cccc2oc(-c3ccc(Cl)cc3OS(=O)(=O)c3ccc(Cl)cc3Cl)nc12. The zero-order chi connectivity index (χ0) is 20.8. The van der Waals surface area contributed by atoms with Gasteiger partial charge in [0.05, 0.1) is 10.6 Å². The molecular weight excluding hydrogens is 457 g/mol. The van der Waals surface area contributed by atoms with Crippen molar-refractivity contribution in [3.63, 3.8) is 0 Å². The lowest BCUT2D eigenvalue weighted by Crippen LogP contribution is -2.11. The Morgan fingerprint density at radius 3 is 2.41 bits per heavy atom. The van der Waals surface area contributed by atoms with Crippen molar-refractivity contribution in [1.82, 2.24) is 4.98 Å². The van der Waals surface area contributed by atoms with Crippen molar-refractivity contribution in [2.45, 2.75) is 11.8 Å². The van der Waals surface area contributed by atoms with Crippen LogP contribution in [-0.2, 0) is 10.1 Å². The van der Waals surface area contributed by atoms with Gasteiger partial charge in [-0.15, -0.1) is 0 Å². The minimum Gasteiger partial charge on any atom is -0.436 e. The summed E-state index contributed by atoms with van der Waals surface area (Å²) in [4.78, 5) is 4.26. The predicted molar refractivity (Wildman–Crippen MR) is 113 cm³/mol. The fourth-order valence-corrected chi connectivity index (χ4v) is 4.63. The Bertz CT molecular complexity index is 1350. The number of aromatic nitrogens is 1. The van der Waals surface area contributed by atoms with Crippen molar-refractivity contribution in [1.29, 1.82) is 0 Å². The highest BCUT2D eigenvalue weighted by molar-refractivity contribution is 7.87. The fourth-order valence-electron chi connectivity index (χ4n) is 2.78. The van der Waals surface area contributed by atoms with Crippen molar-refractivity contribution in [3.05, 3.63) is 75.2 Å². The highest BCUT2D eigenvalue weighted by Crippen LogP contribution is 2.37. The van der Waals surface area contributed by atoms with E-state index in [0.717, 1.165) is 5.56 Å². The van der Waals surface area contributed by atoms with Gasteiger partial charge in [-0.25, -0.2) is 4.98 Å². The van der Waals surface area contributed by atoms with Crippen LogP contribution in [0.2, 0.25) is 15.1 Å². The van der Waals surface area contributed by atoms with E-state index in [1.165, 1.54) is 24.3 Å². The van der Waals surface area contributed by atoms with Crippen LogP contribution >= 0.6 is 34.8 Å². The molecule has 0 aliphatic rings. The van der Waals surface area contributed by atoms with Crippen molar-refractivity contribution in [2.75, 3.05) is 0 Å². The van der Waals surface area contributed by atoms with Crippen molar-refractivity contribution in [2.24, 2.45) is 0 Å². The van der Waals surface area contributed by atoms with Gasteiger partial charge in [-0.3, -0.25) is 0 Å². The molecule has 0 aliphatic heterocycles. The summed E-state index contributed by atoms with van der Waals surface area (Å²) in [5, 5.41) is 0.534.